The molecule has 1 aliphatic rings. The first-order valence-corrected chi connectivity index (χ1v) is 4.09. The molecule has 6 heteroatoms. The van der Waals surface area contributed by atoms with E-state index in [0.29, 0.717) is 0 Å². The predicted octanol–water partition coefficient (Wildman–Crippen LogP) is -1.10. The van der Waals surface area contributed by atoms with Gasteiger partial charge in [-0.15, -0.1) is 0 Å². The topological polar surface area (TPSA) is 104 Å². The van der Waals surface area contributed by atoms with Crippen LogP contribution in [-0.4, -0.2) is 44.1 Å². The molecular formula is C7H13NO5. The summed E-state index contributed by atoms with van der Waals surface area (Å²) in [6, 6.07) is -1.20. The summed E-state index contributed by atoms with van der Waals surface area (Å²) >= 11 is 0. The molecule has 0 saturated heterocycles. The van der Waals surface area contributed by atoms with E-state index < -0.39 is 28.8 Å². The van der Waals surface area contributed by atoms with Gasteiger partial charge < -0.3 is 15.3 Å². The van der Waals surface area contributed by atoms with Crippen LogP contribution in [0.1, 0.15) is 19.8 Å². The van der Waals surface area contributed by atoms with Crippen molar-refractivity contribution < 1.29 is 20.2 Å². The van der Waals surface area contributed by atoms with Gasteiger partial charge in [-0.1, -0.05) is 0 Å². The molecule has 3 N–H and O–H groups in total. The van der Waals surface area contributed by atoms with Gasteiger partial charge in [-0.3, -0.25) is 10.1 Å². The molecule has 0 aromatic carbocycles. The second-order valence-electron chi connectivity index (χ2n) is 3.62. The van der Waals surface area contributed by atoms with E-state index >= 15 is 0 Å². The first-order chi connectivity index (χ1) is 5.87. The maximum absolute atomic E-state index is 10.5. The Morgan fingerprint density at radius 3 is 2.46 bits per heavy atom. The standard InChI is InChI=1S/C7H13NO5/c1-7(11)5(8(12)13)3-2-4(9)6(7)10/h4-6,9-11H,2-3H2,1H3/t4-,5-,6+,7+/m1/s1. The second kappa shape index (κ2) is 3.21. The van der Waals surface area contributed by atoms with Crippen molar-refractivity contribution in [2.24, 2.45) is 0 Å². The summed E-state index contributed by atoms with van der Waals surface area (Å²) in [6.07, 6.45) is -2.30. The molecule has 0 amide bonds. The van der Waals surface area contributed by atoms with E-state index in [9.17, 15) is 25.4 Å². The van der Waals surface area contributed by atoms with E-state index in [1.165, 1.54) is 6.92 Å². The maximum Gasteiger partial charge on any atom is 0.243 e. The average Bonchev–Trinajstić information content (AvgIpc) is 1.99. The summed E-state index contributed by atoms with van der Waals surface area (Å²) in [5.41, 5.74) is -1.85. The Morgan fingerprint density at radius 1 is 1.46 bits per heavy atom. The molecule has 1 saturated carbocycles. The van der Waals surface area contributed by atoms with Crippen molar-refractivity contribution >= 4 is 0 Å². The van der Waals surface area contributed by atoms with E-state index in [0.717, 1.165) is 0 Å². The molecule has 13 heavy (non-hydrogen) atoms. The highest BCUT2D eigenvalue weighted by atomic mass is 16.6. The molecule has 1 fully saturated rings. The third-order valence-electron chi connectivity index (χ3n) is 2.63. The lowest BCUT2D eigenvalue weighted by molar-refractivity contribution is -0.554. The van der Waals surface area contributed by atoms with E-state index in [2.05, 4.69) is 0 Å². The number of hydrogen-bond acceptors (Lipinski definition) is 5. The Kier molecular flexibility index (Phi) is 2.56. The molecule has 76 valence electrons. The quantitative estimate of drug-likeness (QED) is 0.360. The van der Waals surface area contributed by atoms with Crippen LogP contribution in [-0.2, 0) is 0 Å². The predicted molar refractivity (Wildman–Crippen MR) is 42.7 cm³/mol. The number of rotatable bonds is 1. The highest BCUT2D eigenvalue weighted by Crippen LogP contribution is 2.30. The van der Waals surface area contributed by atoms with E-state index in [1.54, 1.807) is 0 Å². The van der Waals surface area contributed by atoms with Crippen LogP contribution in [0.4, 0.5) is 0 Å². The fourth-order valence-electron chi connectivity index (χ4n) is 1.68. The lowest BCUT2D eigenvalue weighted by Gasteiger charge is -2.38. The summed E-state index contributed by atoms with van der Waals surface area (Å²) in [5, 5.41) is 38.6. The minimum atomic E-state index is -1.85. The largest absolute Gasteiger partial charge is 0.390 e. The van der Waals surface area contributed by atoms with Gasteiger partial charge in [0.05, 0.1) is 6.10 Å². The molecular weight excluding hydrogens is 178 g/mol. The number of aliphatic hydroxyl groups is 3. The minimum Gasteiger partial charge on any atom is -0.390 e. The van der Waals surface area contributed by atoms with Crippen LogP contribution >= 0.6 is 0 Å². The maximum atomic E-state index is 10.5. The number of aliphatic hydroxyl groups excluding tert-OH is 2. The molecule has 1 aliphatic carbocycles. The van der Waals surface area contributed by atoms with Crippen molar-refractivity contribution in [3.05, 3.63) is 10.1 Å². The molecule has 0 aromatic heterocycles. The van der Waals surface area contributed by atoms with Crippen LogP contribution in [0.25, 0.3) is 0 Å². The average molecular weight is 191 g/mol. The summed E-state index contributed by atoms with van der Waals surface area (Å²) < 4.78 is 0. The van der Waals surface area contributed by atoms with Gasteiger partial charge in [0.1, 0.15) is 6.10 Å². The SMILES string of the molecule is C[C@@]1(O)[C@@H](O)[C@H](O)CC[C@H]1[N+](=O)[O-]. The fraction of sp³-hybridized carbons (Fsp3) is 1.00. The van der Waals surface area contributed by atoms with Crippen LogP contribution in [0.15, 0.2) is 0 Å². The van der Waals surface area contributed by atoms with Crippen LogP contribution in [0.5, 0.6) is 0 Å². The van der Waals surface area contributed by atoms with Crippen molar-refractivity contribution in [3.8, 4) is 0 Å². The Labute approximate surface area is 75.0 Å². The molecule has 0 aliphatic heterocycles. The van der Waals surface area contributed by atoms with Crippen molar-refractivity contribution in [3.63, 3.8) is 0 Å². The smallest absolute Gasteiger partial charge is 0.243 e. The number of nitrogens with zero attached hydrogens (tertiary/aromatic N) is 1. The zero-order chi connectivity index (χ0) is 10.2. The third kappa shape index (κ3) is 1.65. The van der Waals surface area contributed by atoms with Crippen LogP contribution in [0.3, 0.4) is 0 Å². The lowest BCUT2D eigenvalue weighted by atomic mass is 9.78. The van der Waals surface area contributed by atoms with Gasteiger partial charge in [0.15, 0.2) is 5.60 Å². The lowest BCUT2D eigenvalue weighted by Crippen LogP contribution is -2.60. The fourth-order valence-corrected chi connectivity index (χ4v) is 1.68. The molecule has 1 rings (SSSR count). The Morgan fingerprint density at radius 2 is 2.00 bits per heavy atom. The van der Waals surface area contributed by atoms with E-state index in [1.807, 2.05) is 0 Å². The third-order valence-corrected chi connectivity index (χ3v) is 2.63. The Bertz CT molecular complexity index is 217. The summed E-state index contributed by atoms with van der Waals surface area (Å²) in [4.78, 5) is 9.86. The first kappa shape index (κ1) is 10.4. The molecule has 0 unspecified atom stereocenters. The molecule has 6 nitrogen and oxygen atoms in total. The highest BCUT2D eigenvalue weighted by Gasteiger charge is 2.52. The molecule has 0 heterocycles. The summed E-state index contributed by atoms with van der Waals surface area (Å²) in [7, 11) is 0. The van der Waals surface area contributed by atoms with Gasteiger partial charge in [-0.2, -0.15) is 0 Å². The van der Waals surface area contributed by atoms with E-state index in [4.69, 9.17) is 0 Å². The molecule has 0 aromatic rings. The molecule has 0 spiro atoms. The molecule has 0 bridgehead atoms. The minimum absolute atomic E-state index is 0.0816. The highest BCUT2D eigenvalue weighted by molar-refractivity contribution is 4.97. The number of hydrogen-bond donors (Lipinski definition) is 3. The van der Waals surface area contributed by atoms with Crippen LogP contribution in [0, 0.1) is 10.1 Å². The first-order valence-electron chi connectivity index (χ1n) is 4.09. The Balaban J connectivity index is 2.85. The summed E-state index contributed by atoms with van der Waals surface area (Å²) in [5.74, 6) is 0. The molecule has 0 radical (unpaired) electrons. The second-order valence-corrected chi connectivity index (χ2v) is 3.62. The van der Waals surface area contributed by atoms with E-state index in [-0.39, 0.29) is 12.8 Å². The van der Waals surface area contributed by atoms with Gasteiger partial charge in [0.25, 0.3) is 0 Å². The molecule has 4 atom stereocenters. The summed E-state index contributed by atoms with van der Waals surface area (Å²) in [6.45, 7) is 1.17. The van der Waals surface area contributed by atoms with Crippen molar-refractivity contribution in [1.29, 1.82) is 0 Å². The van der Waals surface area contributed by atoms with Gasteiger partial charge in [-0.05, 0) is 13.3 Å². The monoisotopic (exact) mass is 191 g/mol. The zero-order valence-corrected chi connectivity index (χ0v) is 7.25. The van der Waals surface area contributed by atoms with Crippen molar-refractivity contribution in [2.75, 3.05) is 0 Å². The zero-order valence-electron chi connectivity index (χ0n) is 7.25. The van der Waals surface area contributed by atoms with Gasteiger partial charge >= 0.3 is 0 Å². The van der Waals surface area contributed by atoms with Crippen LogP contribution < -0.4 is 0 Å². The van der Waals surface area contributed by atoms with Crippen molar-refractivity contribution in [1.82, 2.24) is 0 Å². The van der Waals surface area contributed by atoms with Gasteiger partial charge in [0, 0.05) is 11.3 Å². The van der Waals surface area contributed by atoms with Crippen molar-refractivity contribution in [2.45, 2.75) is 43.6 Å². The number of nitro groups is 1. The van der Waals surface area contributed by atoms with Crippen LogP contribution in [0.2, 0.25) is 0 Å². The Hall–Kier alpha value is -0.720. The van der Waals surface area contributed by atoms with Gasteiger partial charge in [0.2, 0.25) is 6.04 Å². The normalized spacial score (nSPS) is 46.0. The van der Waals surface area contributed by atoms with Gasteiger partial charge in [-0.25, -0.2) is 0 Å².